The van der Waals surface area contributed by atoms with E-state index in [2.05, 4.69) is 6.07 Å². The summed E-state index contributed by atoms with van der Waals surface area (Å²) in [6, 6.07) is 9.51. The minimum absolute atomic E-state index is 0.121. The van der Waals surface area contributed by atoms with Crippen LogP contribution < -0.4 is 4.57 Å². The molecule has 0 amide bonds. The van der Waals surface area contributed by atoms with Gasteiger partial charge in [0.15, 0.2) is 5.69 Å². The molecule has 152 valence electrons. The maximum Gasteiger partial charge on any atom is 0.216 e. The lowest BCUT2D eigenvalue weighted by molar-refractivity contribution is -0.667. The molecule has 0 saturated carbocycles. The van der Waals surface area contributed by atoms with Crippen LogP contribution in [0.15, 0.2) is 34.7 Å². The molecule has 0 aliphatic rings. The van der Waals surface area contributed by atoms with Crippen LogP contribution in [0.25, 0.3) is 33.2 Å². The number of rotatable bonds is 3. The van der Waals surface area contributed by atoms with E-state index in [1.807, 2.05) is 32.0 Å². The lowest BCUT2D eigenvalue weighted by Gasteiger charge is -2.14. The molecule has 3 heteroatoms. The zero-order valence-corrected chi connectivity index (χ0v) is 18.2. The van der Waals surface area contributed by atoms with Crippen LogP contribution in [0.4, 0.5) is 0 Å². The van der Waals surface area contributed by atoms with Crippen LogP contribution in [0.5, 0.6) is 0 Å². The Hall–Kier alpha value is -3.12. The Morgan fingerprint density at radius 3 is 2.70 bits per heavy atom. The highest BCUT2D eigenvalue weighted by Gasteiger charge is 2.25. The van der Waals surface area contributed by atoms with Crippen LogP contribution in [0.3, 0.4) is 0 Å². The zero-order chi connectivity index (χ0) is 26.9. The molecule has 0 aliphatic carbocycles. The number of aryl methyl sites for hydroxylation is 2. The highest BCUT2D eigenvalue weighted by molar-refractivity contribution is 6.12. The number of nitrogens with zero attached hydrogens (tertiary/aromatic N) is 2. The van der Waals surface area contributed by atoms with Gasteiger partial charge in [-0.15, -0.1) is 0 Å². The first-order valence-corrected chi connectivity index (χ1v) is 10.0. The van der Waals surface area contributed by atoms with Crippen molar-refractivity contribution in [2.45, 2.75) is 47.8 Å². The fourth-order valence-corrected chi connectivity index (χ4v) is 4.00. The largest absolute Gasteiger partial charge is 0.455 e. The van der Waals surface area contributed by atoms with Crippen LogP contribution in [-0.4, -0.2) is 0 Å². The van der Waals surface area contributed by atoms with Crippen molar-refractivity contribution in [2.24, 2.45) is 13.0 Å². The van der Waals surface area contributed by atoms with E-state index in [4.69, 9.17) is 11.3 Å². The Bertz CT molecular complexity index is 1590. The molecule has 0 N–H and O–H groups in total. The number of hydrogen-bond donors (Lipinski definition) is 0. The minimum Gasteiger partial charge on any atom is -0.455 e. The van der Waals surface area contributed by atoms with Crippen LogP contribution >= 0.6 is 0 Å². The van der Waals surface area contributed by atoms with E-state index >= 15 is 0 Å². The first kappa shape index (κ1) is 14.0. The topological polar surface area (TPSA) is 40.8 Å². The summed E-state index contributed by atoms with van der Waals surface area (Å²) >= 11 is 0. The Kier molecular flexibility index (Phi) is 3.40. The number of fused-ring (bicyclic) bond motifs is 3. The minimum atomic E-state index is -2.60. The van der Waals surface area contributed by atoms with Crippen LogP contribution in [0.2, 0.25) is 0 Å². The summed E-state index contributed by atoms with van der Waals surface area (Å²) in [5.41, 5.74) is 4.26. The normalized spacial score (nSPS) is 15.4. The molecule has 0 fully saturated rings. The highest BCUT2D eigenvalue weighted by Crippen LogP contribution is 2.39. The maximum absolute atomic E-state index is 9.77. The molecule has 0 unspecified atom stereocenters. The van der Waals surface area contributed by atoms with Gasteiger partial charge in [-0.05, 0) is 61.8 Å². The fourth-order valence-electron chi connectivity index (χ4n) is 4.00. The van der Waals surface area contributed by atoms with E-state index in [-0.39, 0.29) is 17.2 Å². The van der Waals surface area contributed by atoms with E-state index in [1.165, 1.54) is 0 Å². The highest BCUT2D eigenvalue weighted by atomic mass is 16.3. The third-order valence-electron chi connectivity index (χ3n) is 5.58. The summed E-state index contributed by atoms with van der Waals surface area (Å²) in [4.78, 5) is 0. The van der Waals surface area contributed by atoms with Crippen LogP contribution in [-0.2, 0) is 13.4 Å². The van der Waals surface area contributed by atoms with E-state index in [9.17, 15) is 6.63 Å². The average molecular weight is 404 g/mol. The number of nitriles is 1. The third kappa shape index (κ3) is 3.08. The molecule has 0 aliphatic heterocycles. The summed E-state index contributed by atoms with van der Waals surface area (Å²) in [6.07, 6.45) is -2.06. The molecule has 0 saturated heterocycles. The van der Waals surface area contributed by atoms with Gasteiger partial charge in [0.25, 0.3) is 0 Å². The van der Waals surface area contributed by atoms with Crippen LogP contribution in [0.1, 0.15) is 55.6 Å². The van der Waals surface area contributed by atoms with Gasteiger partial charge in [-0.3, -0.25) is 0 Å². The molecular formula is C27H29N2O+. The number of aromatic nitrogens is 1. The second kappa shape index (κ2) is 7.29. The molecule has 2 aromatic heterocycles. The standard InChI is InChI=1S/C27H29N2O/c1-15(2)10-20-13-23(29(7)19(6)18(20)5)25-17(4)8-9-22-26-21(14-28)11-16(3)12-24(26)30-27(22)25/h8-9,11-13,15H,10H2,1-7H3/q+1/i5D3,10D2,13D. The van der Waals surface area contributed by atoms with Gasteiger partial charge in [0.05, 0.1) is 18.6 Å². The van der Waals surface area contributed by atoms with Gasteiger partial charge in [-0.25, -0.2) is 0 Å². The number of furan rings is 1. The summed E-state index contributed by atoms with van der Waals surface area (Å²) in [5.74, 6) is -0.563. The van der Waals surface area contributed by atoms with Crippen molar-refractivity contribution < 1.29 is 17.2 Å². The molecule has 0 atom stereocenters. The molecule has 2 heterocycles. The number of hydrogen-bond acceptors (Lipinski definition) is 2. The van der Waals surface area contributed by atoms with E-state index in [1.54, 1.807) is 38.5 Å². The van der Waals surface area contributed by atoms with Crippen molar-refractivity contribution in [3.8, 4) is 17.3 Å². The Morgan fingerprint density at radius 2 is 2.03 bits per heavy atom. The Balaban J connectivity index is 2.25. The first-order valence-electron chi connectivity index (χ1n) is 13.0. The van der Waals surface area contributed by atoms with Gasteiger partial charge in [-0.2, -0.15) is 9.83 Å². The molecule has 4 rings (SSSR count). The Morgan fingerprint density at radius 1 is 1.27 bits per heavy atom. The second-order valence-corrected chi connectivity index (χ2v) is 8.20. The van der Waals surface area contributed by atoms with Gasteiger partial charge in [-0.1, -0.05) is 26.0 Å². The Labute approximate surface area is 187 Å². The summed E-state index contributed by atoms with van der Waals surface area (Å²) in [6.45, 7) is 6.17. The molecule has 30 heavy (non-hydrogen) atoms. The maximum atomic E-state index is 9.77. The smallest absolute Gasteiger partial charge is 0.216 e. The molecule has 3 nitrogen and oxygen atoms in total. The molecule has 4 aromatic rings. The fraction of sp³-hybridized carbons (Fsp3) is 0.333. The van der Waals surface area contributed by atoms with Gasteiger partial charge in [0.2, 0.25) is 5.69 Å². The van der Waals surface area contributed by atoms with E-state index in [0.717, 1.165) is 11.1 Å². The number of pyridine rings is 1. The SMILES string of the molecule is [2H]c1c(C([2H])([2H])C(C)C)c(C([2H])([2H])[2H])c(C)[n+](C)c1-c1c(C)ccc2c1oc1cc(C)cc(C#N)c12. The predicted octanol–water partition coefficient (Wildman–Crippen LogP) is 6.38. The van der Waals surface area contributed by atoms with Crippen molar-refractivity contribution in [3.63, 3.8) is 0 Å². The van der Waals surface area contributed by atoms with Gasteiger partial charge < -0.3 is 4.42 Å². The van der Waals surface area contributed by atoms with Crippen molar-refractivity contribution in [2.75, 3.05) is 0 Å². The van der Waals surface area contributed by atoms with Gasteiger partial charge in [0.1, 0.15) is 18.2 Å². The monoisotopic (exact) mass is 403 g/mol. The van der Waals surface area contributed by atoms with Crippen molar-refractivity contribution in [1.29, 1.82) is 5.26 Å². The molecule has 2 aromatic carbocycles. The summed E-state index contributed by atoms with van der Waals surface area (Å²) in [5, 5.41) is 11.2. The molecule has 0 bridgehead atoms. The molecule has 0 spiro atoms. The second-order valence-electron chi connectivity index (χ2n) is 8.20. The van der Waals surface area contributed by atoms with Crippen LogP contribution in [0, 0.1) is 44.9 Å². The third-order valence-corrected chi connectivity index (χ3v) is 5.58. The van der Waals surface area contributed by atoms with Gasteiger partial charge in [0, 0.05) is 36.2 Å². The van der Waals surface area contributed by atoms with Crippen molar-refractivity contribution in [3.05, 3.63) is 63.8 Å². The van der Waals surface area contributed by atoms with Gasteiger partial charge >= 0.3 is 0 Å². The molecular weight excluding hydrogens is 368 g/mol. The zero-order valence-electron chi connectivity index (χ0n) is 24.2. The lowest BCUT2D eigenvalue weighted by Crippen LogP contribution is -2.36. The number of benzene rings is 2. The molecule has 0 radical (unpaired) electrons. The predicted molar refractivity (Wildman–Crippen MR) is 123 cm³/mol. The van der Waals surface area contributed by atoms with Crippen molar-refractivity contribution >= 4 is 21.9 Å². The quantitative estimate of drug-likeness (QED) is 0.372. The summed E-state index contributed by atoms with van der Waals surface area (Å²) < 4.78 is 59.3. The first-order chi connectivity index (χ1) is 16.6. The lowest BCUT2D eigenvalue weighted by atomic mass is 9.93. The van der Waals surface area contributed by atoms with E-state index < -0.39 is 19.1 Å². The average Bonchev–Trinajstić information content (AvgIpc) is 3.13. The van der Waals surface area contributed by atoms with E-state index in [0.29, 0.717) is 44.5 Å². The summed E-state index contributed by atoms with van der Waals surface area (Å²) in [7, 11) is 1.69. The van der Waals surface area contributed by atoms with Crippen molar-refractivity contribution in [1.82, 2.24) is 0 Å².